The summed E-state index contributed by atoms with van der Waals surface area (Å²) in [5.41, 5.74) is 1.35. The zero-order valence-corrected chi connectivity index (χ0v) is 11.1. The molecule has 6 nitrogen and oxygen atoms in total. The lowest BCUT2D eigenvalue weighted by Crippen LogP contribution is -2.28. The molecule has 0 radical (unpaired) electrons. The van der Waals surface area contributed by atoms with Crippen LogP contribution >= 0.6 is 0 Å². The number of carboxylic acids is 1. The van der Waals surface area contributed by atoms with Crippen molar-refractivity contribution in [2.24, 2.45) is 0 Å². The highest BCUT2D eigenvalue weighted by molar-refractivity contribution is 5.92. The lowest BCUT2D eigenvalue weighted by atomic mass is 10.2. The molecule has 1 saturated heterocycles. The van der Waals surface area contributed by atoms with E-state index in [4.69, 9.17) is 5.11 Å². The van der Waals surface area contributed by atoms with Crippen LogP contribution in [0.5, 0.6) is 0 Å². The first-order valence-electron chi connectivity index (χ1n) is 6.83. The fourth-order valence-electron chi connectivity index (χ4n) is 2.77. The van der Waals surface area contributed by atoms with Gasteiger partial charge in [0.25, 0.3) is 0 Å². The Labute approximate surface area is 115 Å². The molecule has 6 heteroatoms. The van der Waals surface area contributed by atoms with E-state index < -0.39 is 5.97 Å². The molecule has 0 aliphatic carbocycles. The van der Waals surface area contributed by atoms with Crippen molar-refractivity contribution < 1.29 is 9.90 Å². The number of aromatic carboxylic acids is 1. The summed E-state index contributed by atoms with van der Waals surface area (Å²) < 4.78 is 1.68. The van der Waals surface area contributed by atoms with E-state index in [1.54, 1.807) is 10.6 Å². The van der Waals surface area contributed by atoms with Gasteiger partial charge < -0.3 is 15.0 Å². The van der Waals surface area contributed by atoms with Gasteiger partial charge in [-0.2, -0.15) is 0 Å². The SMILES string of the molecule is O=C(O)c1ccc2c(c1)[nH]c(=O)n2CCN1CCCC1. The molecule has 1 fully saturated rings. The Bertz CT molecular complexity index is 695. The van der Waals surface area contributed by atoms with Crippen molar-refractivity contribution in [1.82, 2.24) is 14.5 Å². The molecule has 3 rings (SSSR count). The van der Waals surface area contributed by atoms with E-state index in [1.807, 2.05) is 0 Å². The summed E-state index contributed by atoms with van der Waals surface area (Å²) in [6.45, 7) is 3.68. The summed E-state index contributed by atoms with van der Waals surface area (Å²) in [5, 5.41) is 8.96. The average molecular weight is 275 g/mol. The van der Waals surface area contributed by atoms with Gasteiger partial charge in [0, 0.05) is 13.1 Å². The minimum atomic E-state index is -0.988. The Hall–Kier alpha value is -2.08. The van der Waals surface area contributed by atoms with E-state index in [1.165, 1.54) is 25.0 Å². The third-order valence-corrected chi connectivity index (χ3v) is 3.86. The Morgan fingerprint density at radius 3 is 2.70 bits per heavy atom. The minimum Gasteiger partial charge on any atom is -0.478 e. The number of H-pyrrole nitrogens is 1. The third-order valence-electron chi connectivity index (χ3n) is 3.86. The number of imidazole rings is 1. The topological polar surface area (TPSA) is 78.3 Å². The predicted molar refractivity (Wildman–Crippen MR) is 75.2 cm³/mol. The van der Waals surface area contributed by atoms with Crippen molar-refractivity contribution in [2.75, 3.05) is 19.6 Å². The molecule has 0 bridgehead atoms. The number of aromatic amines is 1. The van der Waals surface area contributed by atoms with Gasteiger partial charge in [0.15, 0.2) is 0 Å². The van der Waals surface area contributed by atoms with Crippen molar-refractivity contribution in [1.29, 1.82) is 0 Å². The molecule has 1 aliphatic rings. The molecule has 20 heavy (non-hydrogen) atoms. The molecule has 2 heterocycles. The monoisotopic (exact) mass is 275 g/mol. The van der Waals surface area contributed by atoms with Crippen LogP contribution in [0.4, 0.5) is 0 Å². The number of aromatic nitrogens is 2. The number of nitrogens with zero attached hydrogens (tertiary/aromatic N) is 2. The normalized spacial score (nSPS) is 16.0. The van der Waals surface area contributed by atoms with Gasteiger partial charge in [-0.25, -0.2) is 9.59 Å². The summed E-state index contributed by atoms with van der Waals surface area (Å²) >= 11 is 0. The number of fused-ring (bicyclic) bond motifs is 1. The summed E-state index contributed by atoms with van der Waals surface area (Å²) in [4.78, 5) is 28.0. The van der Waals surface area contributed by atoms with Gasteiger partial charge in [-0.3, -0.25) is 4.57 Å². The van der Waals surface area contributed by atoms with Crippen LogP contribution in [0.15, 0.2) is 23.0 Å². The maximum atomic E-state index is 12.0. The number of benzene rings is 1. The molecular formula is C14H17N3O3. The van der Waals surface area contributed by atoms with Crippen LogP contribution < -0.4 is 5.69 Å². The van der Waals surface area contributed by atoms with E-state index in [0.29, 0.717) is 12.1 Å². The van der Waals surface area contributed by atoms with Gasteiger partial charge in [-0.05, 0) is 44.1 Å². The molecule has 1 aromatic carbocycles. The summed E-state index contributed by atoms with van der Waals surface area (Å²) in [5.74, 6) is -0.988. The van der Waals surface area contributed by atoms with E-state index in [9.17, 15) is 9.59 Å². The molecule has 2 N–H and O–H groups in total. The molecule has 0 amide bonds. The molecule has 2 aromatic rings. The molecule has 0 atom stereocenters. The first-order chi connectivity index (χ1) is 9.65. The van der Waals surface area contributed by atoms with Gasteiger partial charge in [-0.1, -0.05) is 0 Å². The highest BCUT2D eigenvalue weighted by Gasteiger charge is 2.14. The lowest BCUT2D eigenvalue weighted by molar-refractivity contribution is 0.0697. The Kier molecular flexibility index (Phi) is 3.31. The zero-order valence-electron chi connectivity index (χ0n) is 11.1. The molecular weight excluding hydrogens is 258 g/mol. The number of carbonyl (C=O) groups is 1. The van der Waals surface area contributed by atoms with Crippen LogP contribution in [-0.4, -0.2) is 45.2 Å². The van der Waals surface area contributed by atoms with E-state index in [0.717, 1.165) is 25.2 Å². The maximum Gasteiger partial charge on any atom is 0.335 e. The molecule has 0 spiro atoms. The fourth-order valence-corrected chi connectivity index (χ4v) is 2.77. The summed E-state index contributed by atoms with van der Waals surface area (Å²) in [6, 6.07) is 4.73. The second kappa shape index (κ2) is 5.13. The van der Waals surface area contributed by atoms with E-state index in [2.05, 4.69) is 9.88 Å². The number of rotatable bonds is 4. The number of carboxylic acid groups (broad SMARTS) is 1. The molecule has 0 unspecified atom stereocenters. The van der Waals surface area contributed by atoms with Crippen molar-refractivity contribution in [2.45, 2.75) is 19.4 Å². The molecule has 1 aromatic heterocycles. The van der Waals surface area contributed by atoms with Crippen LogP contribution in [0.25, 0.3) is 11.0 Å². The lowest BCUT2D eigenvalue weighted by Gasteiger charge is -2.14. The van der Waals surface area contributed by atoms with Gasteiger partial charge in [-0.15, -0.1) is 0 Å². The van der Waals surface area contributed by atoms with Crippen LogP contribution in [0.2, 0.25) is 0 Å². The van der Waals surface area contributed by atoms with Gasteiger partial charge in [0.05, 0.1) is 16.6 Å². The second-order valence-electron chi connectivity index (χ2n) is 5.17. The van der Waals surface area contributed by atoms with Gasteiger partial charge in [0.2, 0.25) is 0 Å². The quantitative estimate of drug-likeness (QED) is 0.876. The molecule has 0 saturated carbocycles. The first-order valence-corrected chi connectivity index (χ1v) is 6.83. The predicted octanol–water partition coefficient (Wildman–Crippen LogP) is 1.12. The van der Waals surface area contributed by atoms with Crippen LogP contribution in [-0.2, 0) is 6.54 Å². The zero-order chi connectivity index (χ0) is 14.1. The molecule has 106 valence electrons. The molecule has 1 aliphatic heterocycles. The maximum absolute atomic E-state index is 12.0. The van der Waals surface area contributed by atoms with Gasteiger partial charge >= 0.3 is 11.7 Å². The smallest absolute Gasteiger partial charge is 0.335 e. The number of hydrogen-bond acceptors (Lipinski definition) is 3. The number of hydrogen-bond donors (Lipinski definition) is 2. The Balaban J connectivity index is 1.88. The van der Waals surface area contributed by atoms with E-state index >= 15 is 0 Å². The highest BCUT2D eigenvalue weighted by Crippen LogP contribution is 2.14. The summed E-state index contributed by atoms with van der Waals surface area (Å²) in [7, 11) is 0. The fraction of sp³-hybridized carbons (Fsp3) is 0.429. The largest absolute Gasteiger partial charge is 0.478 e. The number of likely N-dealkylation sites (tertiary alicyclic amines) is 1. The van der Waals surface area contributed by atoms with Crippen LogP contribution in [0, 0.1) is 0 Å². The highest BCUT2D eigenvalue weighted by atomic mass is 16.4. The van der Waals surface area contributed by atoms with Crippen molar-refractivity contribution >= 4 is 17.0 Å². The van der Waals surface area contributed by atoms with Gasteiger partial charge in [0.1, 0.15) is 0 Å². The van der Waals surface area contributed by atoms with Crippen LogP contribution in [0.1, 0.15) is 23.2 Å². The summed E-state index contributed by atoms with van der Waals surface area (Å²) in [6.07, 6.45) is 2.45. The third kappa shape index (κ3) is 2.34. The standard InChI is InChI=1S/C14H17N3O3/c18-13(19)10-3-4-12-11(9-10)15-14(20)17(12)8-7-16-5-1-2-6-16/h3-4,9H,1-2,5-8H2,(H,15,20)(H,18,19). The van der Waals surface area contributed by atoms with Crippen molar-refractivity contribution in [3.05, 3.63) is 34.2 Å². The van der Waals surface area contributed by atoms with Crippen molar-refractivity contribution in [3.8, 4) is 0 Å². The van der Waals surface area contributed by atoms with Crippen molar-refractivity contribution in [3.63, 3.8) is 0 Å². The Morgan fingerprint density at radius 2 is 2.00 bits per heavy atom. The van der Waals surface area contributed by atoms with E-state index in [-0.39, 0.29) is 11.3 Å². The van der Waals surface area contributed by atoms with Crippen LogP contribution in [0.3, 0.4) is 0 Å². The average Bonchev–Trinajstić information content (AvgIpc) is 3.02. The Morgan fingerprint density at radius 1 is 1.25 bits per heavy atom. The number of nitrogens with one attached hydrogen (secondary N) is 1. The minimum absolute atomic E-state index is 0.179. The first kappa shape index (κ1) is 12.9. The second-order valence-corrected chi connectivity index (χ2v) is 5.17.